The van der Waals surface area contributed by atoms with Crippen LogP contribution in [-0.2, 0) is 36.9 Å². The molecule has 6 amide bonds. The number of nitrogens with two attached hydrogens (primary N) is 1. The lowest BCUT2D eigenvalue weighted by atomic mass is 10.0. The molecule has 12 heteroatoms. The molecule has 2 aromatic carbocycles. The summed E-state index contributed by atoms with van der Waals surface area (Å²) in [6, 6.07) is 13.2. The summed E-state index contributed by atoms with van der Waals surface area (Å²) in [6.07, 6.45) is 2.43. The minimum absolute atomic E-state index is 0.0505. The van der Waals surface area contributed by atoms with Gasteiger partial charge in [0.25, 0.3) is 5.91 Å². The minimum Gasteiger partial charge on any atom is -0.369 e. The highest BCUT2D eigenvalue weighted by atomic mass is 16.2. The second kappa shape index (κ2) is 15.7. The van der Waals surface area contributed by atoms with Crippen LogP contribution >= 0.6 is 0 Å². The summed E-state index contributed by atoms with van der Waals surface area (Å²) in [5.41, 5.74) is 6.30. The number of carbonyl (C=O) groups is 6. The van der Waals surface area contributed by atoms with Gasteiger partial charge in [-0.3, -0.25) is 28.8 Å². The molecule has 1 fully saturated rings. The molecule has 3 atom stereocenters. The predicted octanol–water partition coefficient (Wildman–Crippen LogP) is 1.57. The van der Waals surface area contributed by atoms with Crippen molar-refractivity contribution in [3.8, 4) is 0 Å². The van der Waals surface area contributed by atoms with Crippen LogP contribution < -0.4 is 27.0 Å². The van der Waals surface area contributed by atoms with Crippen LogP contribution in [0.25, 0.3) is 0 Å². The lowest BCUT2D eigenvalue weighted by molar-refractivity contribution is -0.143. The number of hydrogen-bond donors (Lipinski definition) is 5. The molecule has 0 spiro atoms. The van der Waals surface area contributed by atoms with E-state index in [1.165, 1.54) is 0 Å². The Morgan fingerprint density at radius 2 is 1.53 bits per heavy atom. The molecule has 0 saturated heterocycles. The molecule has 2 heterocycles. The zero-order valence-electron chi connectivity index (χ0n) is 27.3. The summed E-state index contributed by atoms with van der Waals surface area (Å²) in [4.78, 5) is 80.5. The SMILES string of the molecule is CC(C)C[C@@H]1NC(=O)[C@@H](Cc2ccccc2)NC(=O)c2ccc(cc2)CN(C(=O)C2(C(N)=O)CC2)CCCCNC(=O)[C@@H](C)NC1=O. The smallest absolute Gasteiger partial charge is 0.251 e. The van der Waals surface area contributed by atoms with Gasteiger partial charge in [-0.05, 0) is 68.2 Å². The number of primary amides is 1. The number of rotatable bonds is 6. The predicted molar refractivity (Wildman–Crippen MR) is 175 cm³/mol. The summed E-state index contributed by atoms with van der Waals surface area (Å²) in [7, 11) is 0. The number of amides is 6. The van der Waals surface area contributed by atoms with Crippen molar-refractivity contribution in [1.29, 1.82) is 0 Å². The number of hydrogen-bond acceptors (Lipinski definition) is 6. The van der Waals surface area contributed by atoms with E-state index in [1.807, 2.05) is 44.2 Å². The second-order valence-electron chi connectivity index (χ2n) is 13.0. The van der Waals surface area contributed by atoms with Gasteiger partial charge in [0.05, 0.1) is 0 Å². The van der Waals surface area contributed by atoms with E-state index in [1.54, 1.807) is 36.1 Å². The van der Waals surface area contributed by atoms with Crippen molar-refractivity contribution in [2.45, 2.75) is 84.0 Å². The minimum atomic E-state index is -1.18. The van der Waals surface area contributed by atoms with E-state index in [0.29, 0.717) is 50.8 Å². The first-order valence-corrected chi connectivity index (χ1v) is 16.3. The van der Waals surface area contributed by atoms with Gasteiger partial charge in [-0.1, -0.05) is 56.3 Å². The standard InChI is InChI=1S/C35H46N6O6/c1-22(2)19-27-31(44)38-23(3)29(42)37-17-7-8-18-41(34(47)35(15-16-35)33(36)46)21-25-11-13-26(14-12-25)30(43)39-28(32(45)40-27)20-24-9-5-4-6-10-24/h4-6,9-14,22-23,27-28H,7-8,15-21H2,1-3H3,(H2,36,46)(H,37,42)(H,38,44)(H,39,43)(H,40,45)/t23-,27+,28-/m1/s1. The van der Waals surface area contributed by atoms with E-state index in [-0.39, 0.29) is 30.7 Å². The van der Waals surface area contributed by atoms with Crippen LogP contribution in [-0.4, -0.2) is 71.6 Å². The van der Waals surface area contributed by atoms with E-state index in [4.69, 9.17) is 5.73 Å². The van der Waals surface area contributed by atoms with E-state index in [9.17, 15) is 28.8 Å². The summed E-state index contributed by atoms with van der Waals surface area (Å²) >= 11 is 0. The van der Waals surface area contributed by atoms with Crippen molar-refractivity contribution in [3.63, 3.8) is 0 Å². The first-order valence-electron chi connectivity index (χ1n) is 16.3. The molecule has 5 rings (SSSR count). The quantitative estimate of drug-likeness (QED) is 0.235. The van der Waals surface area contributed by atoms with Gasteiger partial charge in [0.15, 0.2) is 0 Å². The van der Waals surface area contributed by atoms with E-state index >= 15 is 0 Å². The number of nitrogens with zero attached hydrogens (tertiary/aromatic N) is 1. The van der Waals surface area contributed by atoms with Crippen LogP contribution in [0.1, 0.15) is 74.4 Å². The average molecular weight is 647 g/mol. The number of fused-ring (bicyclic) bond motifs is 18. The first kappa shape index (κ1) is 35.1. The fourth-order valence-electron chi connectivity index (χ4n) is 5.68. The molecular weight excluding hydrogens is 600 g/mol. The zero-order valence-corrected chi connectivity index (χ0v) is 27.3. The Labute approximate surface area is 275 Å². The van der Waals surface area contributed by atoms with Crippen molar-refractivity contribution in [3.05, 3.63) is 71.3 Å². The molecule has 12 nitrogen and oxygen atoms in total. The Morgan fingerprint density at radius 1 is 0.872 bits per heavy atom. The third kappa shape index (κ3) is 9.40. The van der Waals surface area contributed by atoms with E-state index in [0.717, 1.165) is 11.1 Å². The second-order valence-corrected chi connectivity index (χ2v) is 13.0. The van der Waals surface area contributed by atoms with E-state index in [2.05, 4.69) is 21.3 Å². The third-order valence-corrected chi connectivity index (χ3v) is 8.66. The van der Waals surface area contributed by atoms with Crippen LogP contribution in [0.3, 0.4) is 0 Å². The first-order chi connectivity index (χ1) is 22.4. The normalized spacial score (nSPS) is 22.7. The number of benzene rings is 2. The number of nitrogens with one attached hydrogen (secondary N) is 4. The summed E-state index contributed by atoms with van der Waals surface area (Å²) in [5.74, 6) is -2.80. The van der Waals surface area contributed by atoms with Crippen LogP contribution in [0.2, 0.25) is 0 Å². The molecule has 47 heavy (non-hydrogen) atoms. The van der Waals surface area contributed by atoms with Gasteiger partial charge in [0.1, 0.15) is 23.5 Å². The molecule has 2 bridgehead atoms. The molecular formula is C35H46N6O6. The molecule has 1 aliphatic carbocycles. The average Bonchev–Trinajstić information content (AvgIpc) is 3.85. The van der Waals surface area contributed by atoms with Gasteiger partial charge >= 0.3 is 0 Å². The van der Waals surface area contributed by atoms with Crippen LogP contribution in [0.5, 0.6) is 0 Å². The lowest BCUT2D eigenvalue weighted by Crippen LogP contribution is -2.57. The van der Waals surface area contributed by atoms with Crippen LogP contribution in [0.4, 0.5) is 0 Å². The highest BCUT2D eigenvalue weighted by Gasteiger charge is 2.56. The third-order valence-electron chi connectivity index (χ3n) is 8.66. The van der Waals surface area contributed by atoms with Gasteiger partial charge in [-0.25, -0.2) is 0 Å². The van der Waals surface area contributed by atoms with Crippen molar-refractivity contribution in [1.82, 2.24) is 26.2 Å². The summed E-state index contributed by atoms with van der Waals surface area (Å²) in [6.45, 7) is 6.28. The maximum Gasteiger partial charge on any atom is 0.251 e. The Hall–Kier alpha value is -4.74. The van der Waals surface area contributed by atoms with Crippen molar-refractivity contribution in [2.24, 2.45) is 17.1 Å². The highest BCUT2D eigenvalue weighted by molar-refractivity contribution is 6.07. The monoisotopic (exact) mass is 646 g/mol. The molecule has 0 unspecified atom stereocenters. The van der Waals surface area contributed by atoms with Crippen LogP contribution in [0, 0.1) is 11.3 Å². The molecule has 0 aromatic heterocycles. The molecule has 2 aliphatic heterocycles. The fourth-order valence-corrected chi connectivity index (χ4v) is 5.68. The van der Waals surface area contributed by atoms with Gasteiger partial charge < -0.3 is 31.9 Å². The van der Waals surface area contributed by atoms with Crippen molar-refractivity contribution >= 4 is 35.4 Å². The van der Waals surface area contributed by atoms with Gasteiger partial charge in [0.2, 0.25) is 29.5 Å². The van der Waals surface area contributed by atoms with Gasteiger partial charge in [-0.2, -0.15) is 0 Å². The lowest BCUT2D eigenvalue weighted by Gasteiger charge is -2.26. The fraction of sp³-hybridized carbons (Fsp3) is 0.486. The summed E-state index contributed by atoms with van der Waals surface area (Å²) < 4.78 is 0. The van der Waals surface area contributed by atoms with Crippen molar-refractivity contribution in [2.75, 3.05) is 13.1 Å². The highest BCUT2D eigenvalue weighted by Crippen LogP contribution is 2.47. The Bertz CT molecular complexity index is 1460. The largest absolute Gasteiger partial charge is 0.369 e. The molecule has 2 aromatic rings. The van der Waals surface area contributed by atoms with Crippen LogP contribution in [0.15, 0.2) is 54.6 Å². The molecule has 252 valence electrons. The zero-order chi connectivity index (χ0) is 34.1. The Balaban J connectivity index is 1.62. The maximum atomic E-state index is 13.7. The molecule has 6 N–H and O–H groups in total. The molecule has 0 radical (unpaired) electrons. The molecule has 1 saturated carbocycles. The van der Waals surface area contributed by atoms with Crippen molar-refractivity contribution < 1.29 is 28.8 Å². The Morgan fingerprint density at radius 3 is 2.15 bits per heavy atom. The van der Waals surface area contributed by atoms with E-state index < -0.39 is 47.2 Å². The molecule has 3 aliphatic rings. The topological polar surface area (TPSA) is 180 Å². The Kier molecular flexibility index (Phi) is 11.7. The maximum absolute atomic E-state index is 13.7. The van der Waals surface area contributed by atoms with Gasteiger partial charge in [-0.15, -0.1) is 0 Å². The number of carbonyl (C=O) groups excluding carboxylic acids is 6. The summed E-state index contributed by atoms with van der Waals surface area (Å²) in [5, 5.41) is 11.2. The van der Waals surface area contributed by atoms with Gasteiger partial charge in [0, 0.05) is 31.6 Å².